The van der Waals surface area contributed by atoms with Gasteiger partial charge in [-0.25, -0.2) is 0 Å². The van der Waals surface area contributed by atoms with Crippen LogP contribution in [0.2, 0.25) is 0 Å². The van der Waals surface area contributed by atoms with Crippen molar-refractivity contribution in [3.05, 3.63) is 65.7 Å². The Morgan fingerprint density at radius 3 is 2.26 bits per heavy atom. The Balaban J connectivity index is 2.03. The van der Waals surface area contributed by atoms with Crippen molar-refractivity contribution in [2.45, 2.75) is 19.6 Å². The molecular weight excluding hydrogens is 294 g/mol. The molecule has 0 aliphatic heterocycles. The van der Waals surface area contributed by atoms with Crippen LogP contribution in [0, 0.1) is 0 Å². The van der Waals surface area contributed by atoms with Crippen molar-refractivity contribution in [1.29, 1.82) is 0 Å². The molecule has 0 aromatic heterocycles. The molecule has 2 aromatic rings. The van der Waals surface area contributed by atoms with Gasteiger partial charge in [0.2, 0.25) is 6.10 Å². The molecule has 0 bridgehead atoms. The summed E-state index contributed by atoms with van der Waals surface area (Å²) in [6.07, 6.45) is -0.952. The third-order valence-electron chi connectivity index (χ3n) is 3.25. The Bertz CT molecular complexity index is 652. The minimum Gasteiger partial charge on any atom is -0.497 e. The highest BCUT2D eigenvalue weighted by atomic mass is 16.5. The van der Waals surface area contributed by atoms with Crippen LogP contribution < -0.4 is 10.1 Å². The summed E-state index contributed by atoms with van der Waals surface area (Å²) in [5, 5.41) is 2.78. The van der Waals surface area contributed by atoms with E-state index in [0.29, 0.717) is 12.1 Å². The molecule has 0 saturated carbocycles. The van der Waals surface area contributed by atoms with Gasteiger partial charge in [-0.1, -0.05) is 42.5 Å². The number of carbonyl (C=O) groups is 2. The van der Waals surface area contributed by atoms with Crippen molar-refractivity contribution in [3.8, 4) is 5.75 Å². The molecule has 0 radical (unpaired) electrons. The monoisotopic (exact) mass is 313 g/mol. The average Bonchev–Trinajstić information content (AvgIpc) is 2.58. The summed E-state index contributed by atoms with van der Waals surface area (Å²) in [7, 11) is 1.60. The smallest absolute Gasteiger partial charge is 0.303 e. The summed E-state index contributed by atoms with van der Waals surface area (Å²) in [5.41, 5.74) is 1.56. The zero-order valence-electron chi connectivity index (χ0n) is 13.1. The van der Waals surface area contributed by atoms with E-state index in [9.17, 15) is 9.59 Å². The van der Waals surface area contributed by atoms with E-state index in [2.05, 4.69) is 5.32 Å². The normalized spacial score (nSPS) is 11.4. The summed E-state index contributed by atoms with van der Waals surface area (Å²) in [6, 6.07) is 16.3. The molecule has 2 aromatic carbocycles. The lowest BCUT2D eigenvalue weighted by atomic mass is 10.1. The second kappa shape index (κ2) is 7.98. The molecule has 0 heterocycles. The zero-order valence-corrected chi connectivity index (χ0v) is 13.1. The highest BCUT2D eigenvalue weighted by Crippen LogP contribution is 2.18. The maximum atomic E-state index is 12.4. The molecule has 0 unspecified atom stereocenters. The lowest BCUT2D eigenvalue weighted by molar-refractivity contribution is -0.154. The fourth-order valence-electron chi connectivity index (χ4n) is 2.09. The van der Waals surface area contributed by atoms with Gasteiger partial charge in [-0.3, -0.25) is 9.59 Å². The standard InChI is InChI=1S/C18H19NO4/c1-13(20)23-17(15-6-4-3-5-7-15)18(21)19-12-14-8-10-16(22-2)11-9-14/h3-11,17H,12H2,1-2H3,(H,19,21)/t17-/m1/s1. The van der Waals surface area contributed by atoms with Crippen molar-refractivity contribution in [2.75, 3.05) is 7.11 Å². The van der Waals surface area contributed by atoms with E-state index in [1.807, 2.05) is 30.3 Å². The summed E-state index contributed by atoms with van der Waals surface area (Å²) in [5.74, 6) is -0.108. The predicted molar refractivity (Wildman–Crippen MR) is 85.8 cm³/mol. The molecule has 5 heteroatoms. The van der Waals surface area contributed by atoms with Gasteiger partial charge in [0.15, 0.2) is 0 Å². The molecule has 1 amide bonds. The van der Waals surface area contributed by atoms with Crippen LogP contribution >= 0.6 is 0 Å². The molecule has 2 rings (SSSR count). The van der Waals surface area contributed by atoms with E-state index < -0.39 is 12.1 Å². The number of ether oxygens (including phenoxy) is 2. The topological polar surface area (TPSA) is 64.6 Å². The van der Waals surface area contributed by atoms with E-state index in [0.717, 1.165) is 11.3 Å². The van der Waals surface area contributed by atoms with Gasteiger partial charge in [0.05, 0.1) is 7.11 Å². The second-order valence-electron chi connectivity index (χ2n) is 4.97. The van der Waals surface area contributed by atoms with Gasteiger partial charge in [0.25, 0.3) is 5.91 Å². The van der Waals surface area contributed by atoms with Crippen LogP contribution in [-0.2, 0) is 20.9 Å². The maximum Gasteiger partial charge on any atom is 0.303 e. The largest absolute Gasteiger partial charge is 0.497 e. The first kappa shape index (κ1) is 16.5. The predicted octanol–water partition coefficient (Wildman–Crippen LogP) is 2.62. The van der Waals surface area contributed by atoms with E-state index in [4.69, 9.17) is 9.47 Å². The van der Waals surface area contributed by atoms with Crippen molar-refractivity contribution in [1.82, 2.24) is 5.32 Å². The fourth-order valence-corrected chi connectivity index (χ4v) is 2.09. The lowest BCUT2D eigenvalue weighted by Gasteiger charge is -2.17. The Kier molecular flexibility index (Phi) is 5.74. The minimum atomic E-state index is -0.952. The van der Waals surface area contributed by atoms with E-state index in [1.54, 1.807) is 31.4 Å². The number of methoxy groups -OCH3 is 1. The first-order valence-electron chi connectivity index (χ1n) is 7.23. The van der Waals surface area contributed by atoms with Crippen LogP contribution in [0.5, 0.6) is 5.75 Å². The molecule has 23 heavy (non-hydrogen) atoms. The van der Waals surface area contributed by atoms with E-state index in [-0.39, 0.29) is 5.91 Å². The molecule has 0 saturated heterocycles. The van der Waals surface area contributed by atoms with Gasteiger partial charge in [0.1, 0.15) is 5.75 Å². The first-order valence-corrected chi connectivity index (χ1v) is 7.23. The van der Waals surface area contributed by atoms with Gasteiger partial charge >= 0.3 is 5.97 Å². The van der Waals surface area contributed by atoms with Gasteiger partial charge in [-0.15, -0.1) is 0 Å². The number of esters is 1. The van der Waals surface area contributed by atoms with Crippen LogP contribution in [0.25, 0.3) is 0 Å². The number of hydrogen-bond donors (Lipinski definition) is 1. The molecule has 1 N–H and O–H groups in total. The summed E-state index contributed by atoms with van der Waals surface area (Å²) in [6.45, 7) is 1.63. The number of nitrogens with one attached hydrogen (secondary N) is 1. The molecule has 0 spiro atoms. The molecule has 0 aliphatic rings. The number of carbonyl (C=O) groups excluding carboxylic acids is 2. The van der Waals surface area contributed by atoms with Crippen molar-refractivity contribution in [3.63, 3.8) is 0 Å². The average molecular weight is 313 g/mol. The number of benzene rings is 2. The summed E-state index contributed by atoms with van der Waals surface area (Å²) >= 11 is 0. The highest BCUT2D eigenvalue weighted by molar-refractivity contribution is 5.84. The van der Waals surface area contributed by atoms with Crippen LogP contribution in [0.1, 0.15) is 24.2 Å². The quantitative estimate of drug-likeness (QED) is 0.833. The Labute approximate surface area is 135 Å². The van der Waals surface area contributed by atoms with Gasteiger partial charge in [-0.05, 0) is 17.7 Å². The second-order valence-corrected chi connectivity index (χ2v) is 4.97. The number of hydrogen-bond acceptors (Lipinski definition) is 4. The van der Waals surface area contributed by atoms with Crippen LogP contribution in [-0.4, -0.2) is 19.0 Å². The molecule has 120 valence electrons. The summed E-state index contributed by atoms with van der Waals surface area (Å²) in [4.78, 5) is 23.6. The Morgan fingerprint density at radius 1 is 1.04 bits per heavy atom. The SMILES string of the molecule is COc1ccc(CNC(=O)[C@H](OC(C)=O)c2ccccc2)cc1. The van der Waals surface area contributed by atoms with Gasteiger partial charge in [0, 0.05) is 19.0 Å². The molecular formula is C18H19NO4. The van der Waals surface area contributed by atoms with Crippen LogP contribution in [0.3, 0.4) is 0 Å². The van der Waals surface area contributed by atoms with Crippen LogP contribution in [0.4, 0.5) is 0 Å². The lowest BCUT2D eigenvalue weighted by Crippen LogP contribution is -2.31. The molecule has 0 aliphatic carbocycles. The highest BCUT2D eigenvalue weighted by Gasteiger charge is 2.23. The Hall–Kier alpha value is -2.82. The maximum absolute atomic E-state index is 12.4. The fraction of sp³-hybridized carbons (Fsp3) is 0.222. The minimum absolute atomic E-state index is 0.341. The first-order chi connectivity index (χ1) is 11.1. The third-order valence-corrected chi connectivity index (χ3v) is 3.25. The Morgan fingerprint density at radius 2 is 1.70 bits per heavy atom. The number of rotatable bonds is 6. The van der Waals surface area contributed by atoms with Gasteiger partial charge in [-0.2, -0.15) is 0 Å². The van der Waals surface area contributed by atoms with Crippen molar-refractivity contribution < 1.29 is 19.1 Å². The third kappa shape index (κ3) is 4.85. The van der Waals surface area contributed by atoms with Crippen molar-refractivity contribution >= 4 is 11.9 Å². The van der Waals surface area contributed by atoms with E-state index in [1.165, 1.54) is 6.92 Å². The molecule has 5 nitrogen and oxygen atoms in total. The van der Waals surface area contributed by atoms with Gasteiger partial charge < -0.3 is 14.8 Å². The zero-order chi connectivity index (χ0) is 16.7. The summed E-state index contributed by atoms with van der Waals surface area (Å²) < 4.78 is 10.2. The van der Waals surface area contributed by atoms with Crippen LogP contribution in [0.15, 0.2) is 54.6 Å². The van der Waals surface area contributed by atoms with Crippen molar-refractivity contribution in [2.24, 2.45) is 0 Å². The molecule has 0 fully saturated rings. The number of amides is 1. The molecule has 1 atom stereocenters. The van der Waals surface area contributed by atoms with E-state index >= 15 is 0 Å².